The van der Waals surface area contributed by atoms with E-state index in [1.54, 1.807) is 12.3 Å². The van der Waals surface area contributed by atoms with Crippen molar-refractivity contribution < 1.29 is 4.42 Å². The van der Waals surface area contributed by atoms with Crippen LogP contribution in [0.15, 0.2) is 33.9 Å². The number of hydrogen-bond acceptors (Lipinski definition) is 4. The molecule has 0 radical (unpaired) electrons. The van der Waals surface area contributed by atoms with Crippen LogP contribution in [0.25, 0.3) is 11.1 Å². The van der Waals surface area contributed by atoms with Gasteiger partial charge in [-0.15, -0.1) is 0 Å². The molecule has 0 aliphatic heterocycles. The van der Waals surface area contributed by atoms with Crippen molar-refractivity contribution in [1.82, 2.24) is 9.97 Å². The smallest absolute Gasteiger partial charge is 0.354 e. The van der Waals surface area contributed by atoms with Crippen LogP contribution in [0.1, 0.15) is 0 Å². The van der Waals surface area contributed by atoms with Crippen molar-refractivity contribution in [1.29, 1.82) is 0 Å². The molecule has 0 atom stereocenters. The van der Waals surface area contributed by atoms with E-state index in [9.17, 15) is 4.79 Å². The Morgan fingerprint density at radius 2 is 2.27 bits per heavy atom. The van der Waals surface area contributed by atoms with Gasteiger partial charge in [0.25, 0.3) is 0 Å². The van der Waals surface area contributed by atoms with Crippen molar-refractivity contribution in [3.05, 3.63) is 35.1 Å². The van der Waals surface area contributed by atoms with Crippen molar-refractivity contribution in [3.8, 4) is 0 Å². The monoisotopic (exact) mass is 148 g/mol. The van der Waals surface area contributed by atoms with E-state index in [0.29, 0.717) is 11.1 Å². The highest BCUT2D eigenvalue weighted by atomic mass is 16.4. The first-order valence-electron chi connectivity index (χ1n) is 3.06. The summed E-state index contributed by atoms with van der Waals surface area (Å²) in [5.74, 6) is 0. The molecule has 0 aromatic carbocycles. The Hall–Kier alpha value is -1.71. The summed E-state index contributed by atoms with van der Waals surface area (Å²) in [6.07, 6.45) is 4.22. The van der Waals surface area contributed by atoms with Crippen LogP contribution in [0.4, 0.5) is 0 Å². The van der Waals surface area contributed by atoms with Gasteiger partial charge < -0.3 is 4.42 Å². The number of pyridine rings is 1. The quantitative estimate of drug-likeness (QED) is 0.548. The molecule has 0 spiro atoms. The zero-order chi connectivity index (χ0) is 7.68. The lowest BCUT2D eigenvalue weighted by Crippen LogP contribution is -1.97. The molecule has 54 valence electrons. The molecule has 2 aromatic rings. The van der Waals surface area contributed by atoms with Gasteiger partial charge in [-0.25, -0.2) is 9.78 Å². The van der Waals surface area contributed by atoms with Gasteiger partial charge in [0.1, 0.15) is 11.7 Å². The molecule has 2 heterocycles. The van der Waals surface area contributed by atoms with Gasteiger partial charge in [0.2, 0.25) is 0 Å². The highest BCUT2D eigenvalue weighted by Crippen LogP contribution is 2.03. The molecule has 4 heteroatoms. The SMILES string of the molecule is O=c1cnc2cnccc2o1. The molecule has 0 N–H and O–H groups in total. The van der Waals surface area contributed by atoms with Gasteiger partial charge in [0.15, 0.2) is 5.58 Å². The molecule has 2 aromatic heterocycles. The second kappa shape index (κ2) is 2.16. The molecule has 4 nitrogen and oxygen atoms in total. The highest BCUT2D eigenvalue weighted by Gasteiger charge is 1.94. The van der Waals surface area contributed by atoms with Crippen LogP contribution >= 0.6 is 0 Å². The molecule has 11 heavy (non-hydrogen) atoms. The maximum absolute atomic E-state index is 10.6. The molecular formula is C7H4N2O2. The molecule has 0 unspecified atom stereocenters. The van der Waals surface area contributed by atoms with Crippen LogP contribution in [-0.4, -0.2) is 9.97 Å². The Kier molecular flexibility index (Phi) is 1.18. The van der Waals surface area contributed by atoms with Gasteiger partial charge >= 0.3 is 5.63 Å². The third kappa shape index (κ3) is 0.980. The fraction of sp³-hybridized carbons (Fsp3) is 0. The number of hydrogen-bond donors (Lipinski definition) is 0. The fourth-order valence-electron chi connectivity index (χ4n) is 0.814. The lowest BCUT2D eigenvalue weighted by Gasteiger charge is -1.89. The lowest BCUT2D eigenvalue weighted by molar-refractivity contribution is 0.554. The van der Waals surface area contributed by atoms with E-state index in [1.807, 2.05) is 0 Å². The summed E-state index contributed by atoms with van der Waals surface area (Å²) >= 11 is 0. The van der Waals surface area contributed by atoms with Crippen LogP contribution in [-0.2, 0) is 0 Å². The van der Waals surface area contributed by atoms with Crippen LogP contribution in [0.5, 0.6) is 0 Å². The predicted octanol–water partition coefficient (Wildman–Crippen LogP) is 0.583. The standard InChI is InChI=1S/C7H4N2O2/c10-7-4-9-5-3-8-2-1-6(5)11-7/h1-4H. The summed E-state index contributed by atoms with van der Waals surface area (Å²) in [5.41, 5.74) is 0.614. The summed E-state index contributed by atoms with van der Waals surface area (Å²) < 4.78 is 4.80. The van der Waals surface area contributed by atoms with Crippen molar-refractivity contribution in [2.75, 3.05) is 0 Å². The summed E-state index contributed by atoms with van der Waals surface area (Å²) in [4.78, 5) is 18.3. The van der Waals surface area contributed by atoms with Crippen molar-refractivity contribution >= 4 is 11.1 Å². The number of aromatic nitrogens is 2. The Morgan fingerprint density at radius 3 is 3.18 bits per heavy atom. The Balaban J connectivity index is 2.94. The largest absolute Gasteiger partial charge is 0.420 e. The number of nitrogens with zero attached hydrogens (tertiary/aromatic N) is 2. The highest BCUT2D eigenvalue weighted by molar-refractivity contribution is 5.69. The molecular weight excluding hydrogens is 144 g/mol. The first-order chi connectivity index (χ1) is 5.36. The molecule has 0 saturated carbocycles. The number of fused-ring (bicyclic) bond motifs is 1. The van der Waals surface area contributed by atoms with Gasteiger partial charge in [-0.1, -0.05) is 0 Å². The second-order valence-electron chi connectivity index (χ2n) is 2.02. The lowest BCUT2D eigenvalue weighted by atomic mass is 10.4. The van der Waals surface area contributed by atoms with E-state index in [-0.39, 0.29) is 0 Å². The van der Waals surface area contributed by atoms with Gasteiger partial charge in [-0.05, 0) is 0 Å². The van der Waals surface area contributed by atoms with E-state index in [0.717, 1.165) is 6.20 Å². The molecule has 0 aliphatic rings. The van der Waals surface area contributed by atoms with Crippen molar-refractivity contribution in [3.63, 3.8) is 0 Å². The normalized spacial score (nSPS) is 10.2. The number of rotatable bonds is 0. The Labute approximate surface area is 61.5 Å². The van der Waals surface area contributed by atoms with E-state index in [2.05, 4.69) is 9.97 Å². The predicted molar refractivity (Wildman–Crippen MR) is 38.1 cm³/mol. The maximum atomic E-state index is 10.6. The average molecular weight is 148 g/mol. The van der Waals surface area contributed by atoms with Crippen LogP contribution in [0.3, 0.4) is 0 Å². The van der Waals surface area contributed by atoms with E-state index in [1.165, 1.54) is 6.20 Å². The summed E-state index contributed by atoms with van der Waals surface area (Å²) in [7, 11) is 0. The zero-order valence-corrected chi connectivity index (χ0v) is 5.52. The molecule has 0 bridgehead atoms. The Morgan fingerprint density at radius 1 is 1.36 bits per heavy atom. The molecule has 0 saturated heterocycles. The van der Waals surface area contributed by atoms with E-state index in [4.69, 9.17) is 4.42 Å². The van der Waals surface area contributed by atoms with Crippen LogP contribution in [0, 0.1) is 0 Å². The third-order valence-electron chi connectivity index (χ3n) is 1.28. The third-order valence-corrected chi connectivity index (χ3v) is 1.28. The summed E-state index contributed by atoms with van der Waals surface area (Å²) in [5, 5.41) is 0. The van der Waals surface area contributed by atoms with Gasteiger partial charge in [0.05, 0.1) is 6.20 Å². The topological polar surface area (TPSA) is 56.0 Å². The van der Waals surface area contributed by atoms with Crippen LogP contribution in [0.2, 0.25) is 0 Å². The minimum atomic E-state index is -0.441. The zero-order valence-electron chi connectivity index (χ0n) is 5.52. The van der Waals surface area contributed by atoms with Gasteiger partial charge in [-0.3, -0.25) is 4.98 Å². The first-order valence-corrected chi connectivity index (χ1v) is 3.06. The molecule has 0 fully saturated rings. The molecule has 0 aliphatic carbocycles. The second-order valence-corrected chi connectivity index (χ2v) is 2.02. The fourth-order valence-corrected chi connectivity index (χ4v) is 0.814. The van der Waals surface area contributed by atoms with Gasteiger partial charge in [-0.2, -0.15) is 0 Å². The Bertz CT molecular complexity index is 435. The summed E-state index contributed by atoms with van der Waals surface area (Å²) in [6.45, 7) is 0. The van der Waals surface area contributed by atoms with Crippen LogP contribution < -0.4 is 5.63 Å². The van der Waals surface area contributed by atoms with E-state index < -0.39 is 5.63 Å². The van der Waals surface area contributed by atoms with E-state index >= 15 is 0 Å². The minimum absolute atomic E-state index is 0.441. The van der Waals surface area contributed by atoms with Crippen molar-refractivity contribution in [2.45, 2.75) is 0 Å². The summed E-state index contributed by atoms with van der Waals surface area (Å²) in [6, 6.07) is 1.60. The molecule has 2 rings (SSSR count). The first kappa shape index (κ1) is 6.03. The average Bonchev–Trinajstić information content (AvgIpc) is 2.04. The minimum Gasteiger partial charge on any atom is -0.420 e. The van der Waals surface area contributed by atoms with Crippen molar-refractivity contribution in [2.24, 2.45) is 0 Å². The molecule has 0 amide bonds. The maximum Gasteiger partial charge on any atom is 0.354 e. The van der Waals surface area contributed by atoms with Gasteiger partial charge in [0, 0.05) is 12.3 Å².